The van der Waals surface area contributed by atoms with Gasteiger partial charge in [-0.25, -0.2) is 0 Å². The van der Waals surface area contributed by atoms with Gasteiger partial charge in [0.25, 0.3) is 0 Å². The summed E-state index contributed by atoms with van der Waals surface area (Å²) in [4.78, 5) is 2.40. The maximum absolute atomic E-state index is 3.60. The van der Waals surface area contributed by atoms with E-state index in [9.17, 15) is 0 Å². The minimum atomic E-state index is 0.701. The molecule has 2 rings (SSSR count). The second-order valence-electron chi connectivity index (χ2n) is 4.80. The summed E-state index contributed by atoms with van der Waals surface area (Å²) < 4.78 is 0. The first-order valence-corrected chi connectivity index (χ1v) is 6.48. The Morgan fingerprint density at radius 2 is 1.94 bits per heavy atom. The molecule has 1 heterocycles. The Hall–Kier alpha value is -1.12. The number of nitrogens with one attached hydrogen (secondary N) is 1. The molecule has 1 aliphatic rings. The molecule has 92 valence electrons. The van der Waals surface area contributed by atoms with Crippen molar-refractivity contribution in [1.29, 1.82) is 0 Å². The van der Waals surface area contributed by atoms with Crippen molar-refractivity contribution in [3.63, 3.8) is 0 Å². The lowest BCUT2D eigenvalue weighted by atomic mass is 10.1. The van der Waals surface area contributed by atoms with Crippen LogP contribution in [-0.4, -0.2) is 37.6 Å². The summed E-state index contributed by atoms with van der Waals surface area (Å²) in [6.45, 7) is 3.42. The minimum absolute atomic E-state index is 0.701. The highest BCUT2D eigenvalue weighted by molar-refractivity contribution is 5.48. The Bertz CT molecular complexity index is 337. The molecule has 2 nitrogen and oxygen atoms in total. The van der Waals surface area contributed by atoms with Crippen LogP contribution in [0.15, 0.2) is 36.4 Å². The van der Waals surface area contributed by atoms with Crippen molar-refractivity contribution in [2.24, 2.45) is 0 Å². The van der Waals surface area contributed by atoms with E-state index in [1.165, 1.54) is 31.5 Å². The second-order valence-corrected chi connectivity index (χ2v) is 4.80. The van der Waals surface area contributed by atoms with Gasteiger partial charge >= 0.3 is 0 Å². The molecule has 0 aromatic heterocycles. The molecule has 0 atom stereocenters. The molecule has 0 amide bonds. The lowest BCUT2D eigenvalue weighted by Gasteiger charge is -2.29. The number of hydrogen-bond donors (Lipinski definition) is 1. The predicted molar refractivity (Wildman–Crippen MR) is 74.0 cm³/mol. The third kappa shape index (κ3) is 4.33. The number of benzene rings is 1. The molecule has 1 fully saturated rings. The summed E-state index contributed by atoms with van der Waals surface area (Å²) in [6.07, 6.45) is 6.95. The molecule has 1 aromatic carbocycles. The topological polar surface area (TPSA) is 15.3 Å². The van der Waals surface area contributed by atoms with E-state index in [1.807, 2.05) is 6.07 Å². The fourth-order valence-corrected chi connectivity index (χ4v) is 2.21. The molecule has 0 spiro atoms. The number of piperidine rings is 1. The van der Waals surface area contributed by atoms with E-state index in [4.69, 9.17) is 0 Å². The van der Waals surface area contributed by atoms with Gasteiger partial charge in [0, 0.05) is 12.6 Å². The van der Waals surface area contributed by atoms with Crippen LogP contribution in [0.5, 0.6) is 0 Å². The van der Waals surface area contributed by atoms with Crippen LogP contribution < -0.4 is 5.32 Å². The summed E-state index contributed by atoms with van der Waals surface area (Å²) in [5.41, 5.74) is 1.28. The number of nitrogens with zero attached hydrogens (tertiary/aromatic N) is 1. The van der Waals surface area contributed by atoms with Crippen LogP contribution in [0.4, 0.5) is 0 Å². The largest absolute Gasteiger partial charge is 0.310 e. The van der Waals surface area contributed by atoms with E-state index in [2.05, 4.69) is 53.7 Å². The van der Waals surface area contributed by atoms with Gasteiger partial charge in [0.2, 0.25) is 0 Å². The van der Waals surface area contributed by atoms with Crippen molar-refractivity contribution in [3.8, 4) is 0 Å². The Kier molecular flexibility index (Phi) is 4.77. The SMILES string of the molecule is CN1CCC(NC/C=C/c2ccccc2)CC1. The third-order valence-corrected chi connectivity index (χ3v) is 3.35. The van der Waals surface area contributed by atoms with Crippen LogP contribution in [0.25, 0.3) is 6.08 Å². The molecule has 1 N–H and O–H groups in total. The lowest BCUT2D eigenvalue weighted by Crippen LogP contribution is -2.40. The summed E-state index contributed by atoms with van der Waals surface area (Å²) >= 11 is 0. The van der Waals surface area contributed by atoms with E-state index < -0.39 is 0 Å². The highest BCUT2D eigenvalue weighted by Gasteiger charge is 2.14. The van der Waals surface area contributed by atoms with Crippen molar-refractivity contribution in [2.75, 3.05) is 26.7 Å². The molecule has 0 unspecified atom stereocenters. The van der Waals surface area contributed by atoms with Gasteiger partial charge in [0.15, 0.2) is 0 Å². The zero-order chi connectivity index (χ0) is 11.9. The van der Waals surface area contributed by atoms with Crippen molar-refractivity contribution >= 4 is 6.08 Å². The highest BCUT2D eigenvalue weighted by Crippen LogP contribution is 2.07. The highest BCUT2D eigenvalue weighted by atomic mass is 15.1. The molecule has 1 aromatic rings. The van der Waals surface area contributed by atoms with Crippen LogP contribution >= 0.6 is 0 Å². The first-order chi connectivity index (χ1) is 8.34. The van der Waals surface area contributed by atoms with Crippen LogP contribution in [-0.2, 0) is 0 Å². The van der Waals surface area contributed by atoms with Gasteiger partial charge in [0.1, 0.15) is 0 Å². The minimum Gasteiger partial charge on any atom is -0.310 e. The summed E-state index contributed by atoms with van der Waals surface area (Å²) in [7, 11) is 2.20. The Balaban J connectivity index is 1.68. The predicted octanol–water partition coefficient (Wildman–Crippen LogP) is 2.38. The molecule has 1 aliphatic heterocycles. The molecule has 2 heteroatoms. The van der Waals surface area contributed by atoms with E-state index >= 15 is 0 Å². The van der Waals surface area contributed by atoms with Crippen LogP contribution in [0.2, 0.25) is 0 Å². The molecule has 1 saturated heterocycles. The average Bonchev–Trinajstić information content (AvgIpc) is 2.38. The molecule has 17 heavy (non-hydrogen) atoms. The monoisotopic (exact) mass is 230 g/mol. The van der Waals surface area contributed by atoms with Crippen LogP contribution in [0, 0.1) is 0 Å². The molecular formula is C15H22N2. The molecular weight excluding hydrogens is 208 g/mol. The van der Waals surface area contributed by atoms with Gasteiger partial charge in [-0.05, 0) is 38.5 Å². The average molecular weight is 230 g/mol. The Morgan fingerprint density at radius 3 is 2.65 bits per heavy atom. The standard InChI is InChI=1S/C15H22N2/c1-17-12-9-15(10-13-17)16-11-5-8-14-6-3-2-4-7-14/h2-8,15-16H,9-13H2,1H3/b8-5+. The quantitative estimate of drug-likeness (QED) is 0.854. The van der Waals surface area contributed by atoms with Gasteiger partial charge in [-0.3, -0.25) is 0 Å². The number of hydrogen-bond acceptors (Lipinski definition) is 2. The van der Waals surface area contributed by atoms with Crippen molar-refractivity contribution < 1.29 is 0 Å². The normalized spacial score (nSPS) is 18.9. The first kappa shape index (κ1) is 12.3. The lowest BCUT2D eigenvalue weighted by molar-refractivity contribution is 0.238. The van der Waals surface area contributed by atoms with Gasteiger partial charge in [-0.1, -0.05) is 42.5 Å². The molecule has 0 aliphatic carbocycles. The van der Waals surface area contributed by atoms with E-state index in [1.54, 1.807) is 0 Å². The number of likely N-dealkylation sites (tertiary alicyclic amines) is 1. The zero-order valence-corrected chi connectivity index (χ0v) is 10.6. The van der Waals surface area contributed by atoms with Crippen molar-refractivity contribution in [2.45, 2.75) is 18.9 Å². The summed E-state index contributed by atoms with van der Waals surface area (Å²) in [5.74, 6) is 0. The fraction of sp³-hybridized carbons (Fsp3) is 0.467. The van der Waals surface area contributed by atoms with Gasteiger partial charge in [-0.15, -0.1) is 0 Å². The van der Waals surface area contributed by atoms with E-state index in [0.29, 0.717) is 6.04 Å². The maximum atomic E-state index is 3.60. The van der Waals surface area contributed by atoms with Crippen molar-refractivity contribution in [3.05, 3.63) is 42.0 Å². The van der Waals surface area contributed by atoms with Crippen LogP contribution in [0.1, 0.15) is 18.4 Å². The van der Waals surface area contributed by atoms with Gasteiger partial charge in [0.05, 0.1) is 0 Å². The van der Waals surface area contributed by atoms with Crippen LogP contribution in [0.3, 0.4) is 0 Å². The summed E-state index contributed by atoms with van der Waals surface area (Å²) in [5, 5.41) is 3.60. The third-order valence-electron chi connectivity index (χ3n) is 3.35. The Labute approximate surface area is 104 Å². The number of rotatable bonds is 4. The van der Waals surface area contributed by atoms with Gasteiger partial charge < -0.3 is 10.2 Å². The van der Waals surface area contributed by atoms with E-state index in [0.717, 1.165) is 6.54 Å². The first-order valence-electron chi connectivity index (χ1n) is 6.48. The second kappa shape index (κ2) is 6.58. The van der Waals surface area contributed by atoms with E-state index in [-0.39, 0.29) is 0 Å². The zero-order valence-electron chi connectivity index (χ0n) is 10.6. The smallest absolute Gasteiger partial charge is 0.0140 e. The maximum Gasteiger partial charge on any atom is 0.0140 e. The molecule has 0 bridgehead atoms. The van der Waals surface area contributed by atoms with Gasteiger partial charge in [-0.2, -0.15) is 0 Å². The van der Waals surface area contributed by atoms with Crippen molar-refractivity contribution in [1.82, 2.24) is 10.2 Å². The molecule has 0 radical (unpaired) electrons. The fourth-order valence-electron chi connectivity index (χ4n) is 2.21. The summed E-state index contributed by atoms with van der Waals surface area (Å²) in [6, 6.07) is 11.2. The molecule has 0 saturated carbocycles. The Morgan fingerprint density at radius 1 is 1.24 bits per heavy atom.